The van der Waals surface area contributed by atoms with Gasteiger partial charge in [0, 0.05) is 12.0 Å². The fraction of sp³-hybridized carbons (Fsp3) is 0.333. The highest BCUT2D eigenvalue weighted by molar-refractivity contribution is 5.86. The van der Waals surface area contributed by atoms with Gasteiger partial charge in [0.25, 0.3) is 0 Å². The first-order chi connectivity index (χ1) is 9.90. The van der Waals surface area contributed by atoms with Gasteiger partial charge in [0.05, 0.1) is 6.54 Å². The molecule has 6 heteroatoms. The Labute approximate surface area is 123 Å². The molecular formula is C15H19NO5. The van der Waals surface area contributed by atoms with E-state index in [-0.39, 0.29) is 37.0 Å². The molecule has 0 atom stereocenters. The first kappa shape index (κ1) is 16.6. The number of esters is 1. The lowest BCUT2D eigenvalue weighted by atomic mass is 10.1. The number of aromatic hydroxyl groups is 2. The molecular weight excluding hydrogens is 274 g/mol. The van der Waals surface area contributed by atoms with Crippen LogP contribution in [0.3, 0.4) is 0 Å². The van der Waals surface area contributed by atoms with Gasteiger partial charge in [0.2, 0.25) is 5.91 Å². The van der Waals surface area contributed by atoms with Gasteiger partial charge < -0.3 is 20.3 Å². The lowest BCUT2D eigenvalue weighted by Gasteiger charge is -2.07. The number of ether oxygens (including phenoxy) is 1. The van der Waals surface area contributed by atoms with Crippen molar-refractivity contribution in [2.24, 2.45) is 0 Å². The first-order valence-corrected chi connectivity index (χ1v) is 6.50. The fourth-order valence-electron chi connectivity index (χ4n) is 1.53. The molecule has 114 valence electrons. The van der Waals surface area contributed by atoms with Gasteiger partial charge in [-0.15, -0.1) is 0 Å². The van der Waals surface area contributed by atoms with Gasteiger partial charge in [0.15, 0.2) is 11.5 Å². The number of phenolic OH excluding ortho intramolecular Hbond substituents is 2. The topological polar surface area (TPSA) is 95.9 Å². The number of carbonyl (C=O) groups excluding carboxylic acids is 2. The zero-order chi connectivity index (χ0) is 15.8. The van der Waals surface area contributed by atoms with E-state index in [0.717, 1.165) is 5.56 Å². The summed E-state index contributed by atoms with van der Waals surface area (Å²) in [6.45, 7) is 5.32. The van der Waals surface area contributed by atoms with Crippen LogP contribution in [-0.4, -0.2) is 35.2 Å². The second-order valence-corrected chi connectivity index (χ2v) is 4.59. The van der Waals surface area contributed by atoms with Crippen molar-refractivity contribution < 1.29 is 24.5 Å². The Morgan fingerprint density at radius 1 is 1.29 bits per heavy atom. The minimum absolute atomic E-state index is 0.0947. The van der Waals surface area contributed by atoms with Crippen LogP contribution >= 0.6 is 0 Å². The van der Waals surface area contributed by atoms with Crippen molar-refractivity contribution in [1.29, 1.82) is 0 Å². The zero-order valence-electron chi connectivity index (χ0n) is 11.9. The van der Waals surface area contributed by atoms with Crippen molar-refractivity contribution in [3.05, 3.63) is 35.9 Å². The van der Waals surface area contributed by atoms with Crippen LogP contribution in [0.2, 0.25) is 0 Å². The van der Waals surface area contributed by atoms with E-state index in [1.807, 2.05) is 0 Å². The molecule has 6 nitrogen and oxygen atoms in total. The van der Waals surface area contributed by atoms with Crippen LogP contribution in [0.5, 0.6) is 11.5 Å². The van der Waals surface area contributed by atoms with E-state index in [4.69, 9.17) is 4.74 Å². The molecule has 0 heterocycles. The Kier molecular flexibility index (Phi) is 6.26. The molecule has 1 rings (SSSR count). The van der Waals surface area contributed by atoms with Crippen LogP contribution in [0.1, 0.15) is 18.9 Å². The zero-order valence-corrected chi connectivity index (χ0v) is 11.9. The summed E-state index contributed by atoms with van der Waals surface area (Å²) in [5, 5.41) is 21.1. The monoisotopic (exact) mass is 293 g/mol. The van der Waals surface area contributed by atoms with Gasteiger partial charge in [-0.25, -0.2) is 4.79 Å². The first-order valence-electron chi connectivity index (χ1n) is 6.50. The van der Waals surface area contributed by atoms with Crippen molar-refractivity contribution >= 4 is 11.9 Å². The van der Waals surface area contributed by atoms with Crippen molar-refractivity contribution in [2.75, 3.05) is 13.2 Å². The molecule has 0 aliphatic heterocycles. The summed E-state index contributed by atoms with van der Waals surface area (Å²) in [6.07, 6.45) is 0.671. The number of nitrogens with one attached hydrogen (secondary N) is 1. The van der Waals surface area contributed by atoms with Crippen LogP contribution in [0.25, 0.3) is 0 Å². The van der Waals surface area contributed by atoms with Crippen LogP contribution in [0, 0.1) is 0 Å². The maximum Gasteiger partial charge on any atom is 0.333 e. The summed E-state index contributed by atoms with van der Waals surface area (Å²) < 4.78 is 4.83. The van der Waals surface area contributed by atoms with Crippen LogP contribution in [-0.2, 0) is 20.7 Å². The Morgan fingerprint density at radius 2 is 2.00 bits per heavy atom. The molecule has 0 spiro atoms. The number of rotatable bonds is 7. The molecule has 1 aromatic rings. The van der Waals surface area contributed by atoms with E-state index in [2.05, 4.69) is 11.9 Å². The summed E-state index contributed by atoms with van der Waals surface area (Å²) in [5.74, 6) is -1.07. The Balaban J connectivity index is 2.23. The summed E-state index contributed by atoms with van der Waals surface area (Å²) >= 11 is 0. The maximum absolute atomic E-state index is 11.6. The number of benzene rings is 1. The molecule has 0 unspecified atom stereocenters. The molecule has 0 aliphatic carbocycles. The molecule has 1 aromatic carbocycles. The minimum atomic E-state index is -0.483. The van der Waals surface area contributed by atoms with Gasteiger partial charge in [0.1, 0.15) is 6.61 Å². The van der Waals surface area contributed by atoms with E-state index in [0.29, 0.717) is 12.0 Å². The number of aryl methyl sites for hydroxylation is 1. The second-order valence-electron chi connectivity index (χ2n) is 4.59. The van der Waals surface area contributed by atoms with Crippen molar-refractivity contribution in [1.82, 2.24) is 5.32 Å². The quantitative estimate of drug-likeness (QED) is 0.304. The average molecular weight is 293 g/mol. The standard InChI is InChI=1S/C15H19NO5/c1-10(2)15(20)21-8-7-16-14(19)6-4-11-3-5-12(17)13(18)9-11/h3,5,9,17-18H,1,4,6-8H2,2H3,(H,16,19). The Bertz CT molecular complexity index is 539. The molecule has 0 aliphatic rings. The molecule has 1 amide bonds. The second kappa shape index (κ2) is 7.94. The predicted octanol–water partition coefficient (Wildman–Crippen LogP) is 1.27. The largest absolute Gasteiger partial charge is 0.504 e. The van der Waals surface area contributed by atoms with Gasteiger partial charge in [-0.3, -0.25) is 4.79 Å². The number of carbonyl (C=O) groups is 2. The van der Waals surface area contributed by atoms with E-state index in [1.54, 1.807) is 13.0 Å². The molecule has 0 radical (unpaired) electrons. The van der Waals surface area contributed by atoms with Gasteiger partial charge >= 0.3 is 5.97 Å². The SMILES string of the molecule is C=C(C)C(=O)OCCNC(=O)CCc1ccc(O)c(O)c1. The van der Waals surface area contributed by atoms with Gasteiger partial charge in [-0.1, -0.05) is 12.6 Å². The van der Waals surface area contributed by atoms with Crippen LogP contribution in [0.4, 0.5) is 0 Å². The number of amides is 1. The highest BCUT2D eigenvalue weighted by Gasteiger charge is 2.06. The highest BCUT2D eigenvalue weighted by atomic mass is 16.5. The average Bonchev–Trinajstić information content (AvgIpc) is 2.44. The molecule has 0 saturated carbocycles. The van der Waals surface area contributed by atoms with Crippen molar-refractivity contribution in [2.45, 2.75) is 19.8 Å². The normalized spacial score (nSPS) is 9.95. The maximum atomic E-state index is 11.6. The predicted molar refractivity (Wildman–Crippen MR) is 76.9 cm³/mol. The third kappa shape index (κ3) is 5.99. The van der Waals surface area contributed by atoms with Gasteiger partial charge in [-0.2, -0.15) is 0 Å². The van der Waals surface area contributed by atoms with E-state index in [9.17, 15) is 19.8 Å². The summed E-state index contributed by atoms with van der Waals surface area (Å²) in [5.41, 5.74) is 1.06. The number of phenols is 2. The van der Waals surface area contributed by atoms with Crippen LogP contribution in [0.15, 0.2) is 30.4 Å². The van der Waals surface area contributed by atoms with Crippen molar-refractivity contribution in [3.8, 4) is 11.5 Å². The molecule has 0 fully saturated rings. The number of hydrogen-bond donors (Lipinski definition) is 3. The third-order valence-electron chi connectivity index (χ3n) is 2.69. The summed E-state index contributed by atoms with van der Waals surface area (Å²) in [7, 11) is 0. The van der Waals surface area contributed by atoms with E-state index >= 15 is 0 Å². The molecule has 0 bridgehead atoms. The molecule has 0 saturated heterocycles. The Morgan fingerprint density at radius 3 is 2.62 bits per heavy atom. The van der Waals surface area contributed by atoms with Crippen molar-refractivity contribution in [3.63, 3.8) is 0 Å². The lowest BCUT2D eigenvalue weighted by Crippen LogP contribution is -2.28. The van der Waals surface area contributed by atoms with Gasteiger partial charge in [-0.05, 0) is 31.0 Å². The van der Waals surface area contributed by atoms with E-state index in [1.165, 1.54) is 12.1 Å². The highest BCUT2D eigenvalue weighted by Crippen LogP contribution is 2.25. The third-order valence-corrected chi connectivity index (χ3v) is 2.69. The Hall–Kier alpha value is -2.50. The smallest absolute Gasteiger partial charge is 0.333 e. The number of hydrogen-bond acceptors (Lipinski definition) is 5. The fourth-order valence-corrected chi connectivity index (χ4v) is 1.53. The summed E-state index contributed by atoms with van der Waals surface area (Å²) in [4.78, 5) is 22.6. The minimum Gasteiger partial charge on any atom is -0.504 e. The molecule has 3 N–H and O–H groups in total. The molecule has 0 aromatic heterocycles. The molecule has 21 heavy (non-hydrogen) atoms. The lowest BCUT2D eigenvalue weighted by molar-refractivity contribution is -0.139. The summed E-state index contributed by atoms with van der Waals surface area (Å²) in [6, 6.07) is 4.42. The van der Waals surface area contributed by atoms with E-state index < -0.39 is 5.97 Å². The van der Waals surface area contributed by atoms with Crippen LogP contribution < -0.4 is 5.32 Å².